The third kappa shape index (κ3) is 17.7. The fraction of sp³-hybridized carbons (Fsp3) is 0.889. The Labute approximate surface area is 126 Å². The van der Waals surface area contributed by atoms with E-state index in [0.717, 1.165) is 26.4 Å². The van der Waals surface area contributed by atoms with Crippen molar-refractivity contribution < 1.29 is 9.47 Å². The molecule has 0 aliphatic rings. The minimum Gasteiger partial charge on any atom is -0.377 e. The Kier molecular flexibility index (Phi) is 18.3. The van der Waals surface area contributed by atoms with Crippen molar-refractivity contribution in [3.63, 3.8) is 0 Å². The number of unbranched alkanes of at least 4 members (excludes halogenated alkanes) is 8. The van der Waals surface area contributed by atoms with Gasteiger partial charge in [-0.3, -0.25) is 0 Å². The Morgan fingerprint density at radius 2 is 0.950 bits per heavy atom. The normalized spacial score (nSPS) is 11.5. The van der Waals surface area contributed by atoms with E-state index in [1.165, 1.54) is 64.2 Å². The predicted molar refractivity (Wildman–Crippen MR) is 88.3 cm³/mol. The van der Waals surface area contributed by atoms with Gasteiger partial charge in [0.1, 0.15) is 0 Å². The summed E-state index contributed by atoms with van der Waals surface area (Å²) >= 11 is 0. The van der Waals surface area contributed by atoms with E-state index in [0.29, 0.717) is 0 Å². The van der Waals surface area contributed by atoms with E-state index in [9.17, 15) is 0 Å². The molecule has 0 saturated carbocycles. The molecule has 0 aliphatic carbocycles. The summed E-state index contributed by atoms with van der Waals surface area (Å²) in [6.45, 7) is 7.74. The molecule has 0 rings (SSSR count). The SMILES string of the molecule is CCCCCCCOC/C=C\COCCCCCCC. The summed E-state index contributed by atoms with van der Waals surface area (Å²) in [5, 5.41) is 0. The maximum absolute atomic E-state index is 5.54. The molecule has 0 unspecified atom stereocenters. The van der Waals surface area contributed by atoms with E-state index in [1.807, 2.05) is 0 Å². The summed E-state index contributed by atoms with van der Waals surface area (Å²) in [6.07, 6.45) is 17.2. The monoisotopic (exact) mass is 284 g/mol. The van der Waals surface area contributed by atoms with E-state index in [2.05, 4.69) is 26.0 Å². The largest absolute Gasteiger partial charge is 0.377 e. The van der Waals surface area contributed by atoms with Crippen LogP contribution in [0.15, 0.2) is 12.2 Å². The highest BCUT2D eigenvalue weighted by Crippen LogP contribution is 2.03. The molecule has 0 fully saturated rings. The minimum atomic E-state index is 0.730. The van der Waals surface area contributed by atoms with Gasteiger partial charge in [0.05, 0.1) is 13.2 Å². The first-order valence-electron chi connectivity index (χ1n) is 8.72. The van der Waals surface area contributed by atoms with Gasteiger partial charge in [0.2, 0.25) is 0 Å². The van der Waals surface area contributed by atoms with Gasteiger partial charge in [-0.15, -0.1) is 0 Å². The molecular weight excluding hydrogens is 248 g/mol. The fourth-order valence-corrected chi connectivity index (χ4v) is 2.05. The molecule has 0 aliphatic heterocycles. The predicted octanol–water partition coefficient (Wildman–Crippen LogP) is 5.52. The highest BCUT2D eigenvalue weighted by Gasteiger charge is 1.90. The lowest BCUT2D eigenvalue weighted by Gasteiger charge is -2.02. The van der Waals surface area contributed by atoms with Crippen LogP contribution in [0.2, 0.25) is 0 Å². The fourth-order valence-electron chi connectivity index (χ4n) is 2.05. The average Bonchev–Trinajstić information content (AvgIpc) is 2.47. The van der Waals surface area contributed by atoms with Gasteiger partial charge in [0.15, 0.2) is 0 Å². The molecule has 0 atom stereocenters. The Morgan fingerprint density at radius 1 is 0.550 bits per heavy atom. The number of hydrogen-bond donors (Lipinski definition) is 0. The van der Waals surface area contributed by atoms with Crippen LogP contribution in [0.4, 0.5) is 0 Å². The Bertz CT molecular complexity index is 170. The molecular formula is C18H36O2. The van der Waals surface area contributed by atoms with Crippen molar-refractivity contribution >= 4 is 0 Å². The van der Waals surface area contributed by atoms with E-state index in [1.54, 1.807) is 0 Å². The van der Waals surface area contributed by atoms with Gasteiger partial charge < -0.3 is 9.47 Å². The average molecular weight is 284 g/mol. The second-order valence-electron chi connectivity index (χ2n) is 5.45. The first-order valence-corrected chi connectivity index (χ1v) is 8.72. The van der Waals surface area contributed by atoms with Crippen LogP contribution in [-0.2, 0) is 9.47 Å². The molecule has 0 spiro atoms. The van der Waals surface area contributed by atoms with Gasteiger partial charge >= 0.3 is 0 Å². The van der Waals surface area contributed by atoms with Crippen LogP contribution >= 0.6 is 0 Å². The van der Waals surface area contributed by atoms with E-state index >= 15 is 0 Å². The van der Waals surface area contributed by atoms with E-state index in [-0.39, 0.29) is 0 Å². The van der Waals surface area contributed by atoms with Gasteiger partial charge in [-0.2, -0.15) is 0 Å². The van der Waals surface area contributed by atoms with Gasteiger partial charge in [0, 0.05) is 13.2 Å². The Balaban J connectivity index is 3.01. The minimum absolute atomic E-state index is 0.730. The summed E-state index contributed by atoms with van der Waals surface area (Å²) in [4.78, 5) is 0. The van der Waals surface area contributed by atoms with Gasteiger partial charge in [-0.25, -0.2) is 0 Å². The molecule has 0 aromatic carbocycles. The standard InChI is InChI=1S/C18H36O2/c1-3-5-7-9-11-15-19-17-13-14-18-20-16-12-10-8-6-4-2/h13-14H,3-12,15-18H2,1-2H3/b14-13-. The van der Waals surface area contributed by atoms with Crippen molar-refractivity contribution in [3.05, 3.63) is 12.2 Å². The zero-order valence-electron chi connectivity index (χ0n) is 13.9. The van der Waals surface area contributed by atoms with Crippen molar-refractivity contribution in [1.82, 2.24) is 0 Å². The lowest BCUT2D eigenvalue weighted by Crippen LogP contribution is -1.97. The quantitative estimate of drug-likeness (QED) is 0.274. The first kappa shape index (κ1) is 19.7. The number of rotatable bonds is 16. The van der Waals surface area contributed by atoms with E-state index < -0.39 is 0 Å². The molecule has 2 nitrogen and oxygen atoms in total. The topological polar surface area (TPSA) is 18.5 Å². The van der Waals surface area contributed by atoms with Crippen LogP contribution in [0, 0.1) is 0 Å². The molecule has 0 heterocycles. The van der Waals surface area contributed by atoms with Crippen LogP contribution < -0.4 is 0 Å². The molecule has 2 heteroatoms. The molecule has 0 aromatic heterocycles. The molecule has 0 bridgehead atoms. The summed E-state index contributed by atoms with van der Waals surface area (Å²) in [5.41, 5.74) is 0. The third-order valence-electron chi connectivity index (χ3n) is 3.38. The molecule has 0 amide bonds. The van der Waals surface area contributed by atoms with Crippen molar-refractivity contribution in [2.24, 2.45) is 0 Å². The van der Waals surface area contributed by atoms with Gasteiger partial charge in [-0.05, 0) is 12.8 Å². The third-order valence-corrected chi connectivity index (χ3v) is 3.38. The second-order valence-corrected chi connectivity index (χ2v) is 5.45. The Morgan fingerprint density at radius 3 is 1.35 bits per heavy atom. The van der Waals surface area contributed by atoms with Crippen molar-refractivity contribution in [2.75, 3.05) is 26.4 Å². The van der Waals surface area contributed by atoms with Gasteiger partial charge in [-0.1, -0.05) is 77.4 Å². The summed E-state index contributed by atoms with van der Waals surface area (Å²) in [6, 6.07) is 0. The molecule has 0 radical (unpaired) electrons. The van der Waals surface area contributed by atoms with Gasteiger partial charge in [0.25, 0.3) is 0 Å². The highest BCUT2D eigenvalue weighted by molar-refractivity contribution is 4.81. The summed E-state index contributed by atoms with van der Waals surface area (Å²) in [7, 11) is 0. The maximum atomic E-state index is 5.54. The second kappa shape index (κ2) is 18.7. The maximum Gasteiger partial charge on any atom is 0.0648 e. The molecule has 120 valence electrons. The van der Waals surface area contributed by atoms with Crippen LogP contribution in [0.25, 0.3) is 0 Å². The zero-order valence-corrected chi connectivity index (χ0v) is 13.9. The summed E-state index contributed by atoms with van der Waals surface area (Å²) in [5.74, 6) is 0. The van der Waals surface area contributed by atoms with E-state index in [4.69, 9.17) is 9.47 Å². The van der Waals surface area contributed by atoms with Crippen LogP contribution in [0.1, 0.15) is 78.1 Å². The molecule has 0 aromatic rings. The molecule has 0 saturated heterocycles. The van der Waals surface area contributed by atoms with Crippen LogP contribution in [0.3, 0.4) is 0 Å². The Hall–Kier alpha value is -0.340. The number of hydrogen-bond acceptors (Lipinski definition) is 2. The zero-order chi connectivity index (χ0) is 14.7. The van der Waals surface area contributed by atoms with Crippen LogP contribution in [-0.4, -0.2) is 26.4 Å². The van der Waals surface area contributed by atoms with Crippen LogP contribution in [0.5, 0.6) is 0 Å². The van der Waals surface area contributed by atoms with Crippen molar-refractivity contribution in [3.8, 4) is 0 Å². The summed E-state index contributed by atoms with van der Waals surface area (Å²) < 4.78 is 11.1. The van der Waals surface area contributed by atoms with Crippen molar-refractivity contribution in [1.29, 1.82) is 0 Å². The lowest BCUT2D eigenvalue weighted by molar-refractivity contribution is 0.149. The smallest absolute Gasteiger partial charge is 0.0648 e. The highest BCUT2D eigenvalue weighted by atomic mass is 16.5. The van der Waals surface area contributed by atoms with Crippen molar-refractivity contribution in [2.45, 2.75) is 78.1 Å². The lowest BCUT2D eigenvalue weighted by atomic mass is 10.2. The first-order chi connectivity index (χ1) is 9.91. The number of ether oxygens (including phenoxy) is 2. The molecule has 20 heavy (non-hydrogen) atoms. The molecule has 0 N–H and O–H groups in total.